The number of rotatable bonds is 2. The minimum Gasteiger partial charge on any atom is -0.384 e. The second-order valence-electron chi connectivity index (χ2n) is 3.29. The highest BCUT2D eigenvalue weighted by atomic mass is 127. The van der Waals surface area contributed by atoms with Crippen molar-refractivity contribution in [3.05, 3.63) is 55.3 Å². The lowest BCUT2D eigenvalue weighted by Crippen LogP contribution is -1.99. The van der Waals surface area contributed by atoms with Gasteiger partial charge in [0.1, 0.15) is 17.7 Å². The molecule has 1 heterocycles. The number of aliphatic hydroxyl groups excluding tert-OH is 1. The van der Waals surface area contributed by atoms with Gasteiger partial charge in [-0.15, -0.1) is 11.3 Å². The van der Waals surface area contributed by atoms with Crippen LogP contribution in [0.3, 0.4) is 0 Å². The molecular weight excluding hydrogens is 345 g/mol. The Balaban J connectivity index is 2.37. The minimum absolute atomic E-state index is 0.228. The van der Waals surface area contributed by atoms with E-state index in [2.05, 4.69) is 22.6 Å². The Morgan fingerprint density at radius 2 is 1.69 bits per heavy atom. The average Bonchev–Trinajstić information content (AvgIpc) is 2.62. The first kappa shape index (κ1) is 11.9. The standard InChI is InChI=1S/C11H7F2IOS/c12-8-1-6(2-9(13)4-8)11(15)7-3-10(14)16-5-7/h1-5,11,15H. The second-order valence-corrected chi connectivity index (χ2v) is 6.09. The fraction of sp³-hybridized carbons (Fsp3) is 0.0909. The van der Waals surface area contributed by atoms with E-state index in [0.717, 1.165) is 21.1 Å². The van der Waals surface area contributed by atoms with Crippen LogP contribution in [0.5, 0.6) is 0 Å². The molecule has 0 saturated heterocycles. The third kappa shape index (κ3) is 2.58. The lowest BCUT2D eigenvalue weighted by atomic mass is 10.0. The molecule has 1 N–H and O–H groups in total. The van der Waals surface area contributed by atoms with Crippen molar-refractivity contribution in [2.75, 3.05) is 0 Å². The van der Waals surface area contributed by atoms with Crippen LogP contribution in [0.4, 0.5) is 8.78 Å². The summed E-state index contributed by atoms with van der Waals surface area (Å²) in [7, 11) is 0. The summed E-state index contributed by atoms with van der Waals surface area (Å²) in [5.41, 5.74) is 0.881. The van der Waals surface area contributed by atoms with Crippen molar-refractivity contribution in [1.82, 2.24) is 0 Å². The summed E-state index contributed by atoms with van der Waals surface area (Å²) in [6, 6.07) is 4.85. The van der Waals surface area contributed by atoms with E-state index >= 15 is 0 Å². The third-order valence-corrected chi connectivity index (χ3v) is 3.91. The van der Waals surface area contributed by atoms with E-state index in [1.807, 2.05) is 0 Å². The van der Waals surface area contributed by atoms with Crippen LogP contribution in [-0.2, 0) is 0 Å². The molecule has 2 aromatic rings. The molecule has 0 radical (unpaired) electrons. The van der Waals surface area contributed by atoms with E-state index in [0.29, 0.717) is 5.56 Å². The normalized spacial score (nSPS) is 12.8. The molecule has 0 aliphatic heterocycles. The van der Waals surface area contributed by atoms with Gasteiger partial charge < -0.3 is 5.11 Å². The predicted octanol–water partition coefficient (Wildman–Crippen LogP) is 3.71. The topological polar surface area (TPSA) is 20.2 Å². The van der Waals surface area contributed by atoms with Gasteiger partial charge in [0.2, 0.25) is 0 Å². The molecule has 84 valence electrons. The second kappa shape index (κ2) is 4.77. The van der Waals surface area contributed by atoms with Gasteiger partial charge in [0.15, 0.2) is 0 Å². The molecule has 0 aliphatic carbocycles. The van der Waals surface area contributed by atoms with Crippen molar-refractivity contribution >= 4 is 33.9 Å². The van der Waals surface area contributed by atoms with Crippen molar-refractivity contribution in [1.29, 1.82) is 0 Å². The zero-order valence-corrected chi connectivity index (χ0v) is 10.9. The van der Waals surface area contributed by atoms with Crippen LogP contribution in [0, 0.1) is 14.5 Å². The monoisotopic (exact) mass is 352 g/mol. The van der Waals surface area contributed by atoms with Gasteiger partial charge in [-0.1, -0.05) is 0 Å². The van der Waals surface area contributed by atoms with Crippen molar-refractivity contribution in [2.45, 2.75) is 6.10 Å². The molecule has 0 amide bonds. The van der Waals surface area contributed by atoms with E-state index in [1.165, 1.54) is 11.3 Å². The predicted molar refractivity (Wildman–Crippen MR) is 67.5 cm³/mol. The molecule has 2 rings (SSSR count). The Bertz CT molecular complexity index is 492. The van der Waals surface area contributed by atoms with Crippen LogP contribution in [-0.4, -0.2) is 5.11 Å². The highest BCUT2D eigenvalue weighted by molar-refractivity contribution is 14.1. The summed E-state index contributed by atoms with van der Waals surface area (Å²) < 4.78 is 26.9. The quantitative estimate of drug-likeness (QED) is 0.817. The number of aliphatic hydroxyl groups is 1. The zero-order chi connectivity index (χ0) is 11.7. The highest BCUT2D eigenvalue weighted by Crippen LogP contribution is 2.27. The molecule has 1 aromatic heterocycles. The van der Waals surface area contributed by atoms with Crippen molar-refractivity contribution < 1.29 is 13.9 Å². The third-order valence-electron chi connectivity index (χ3n) is 2.10. The molecule has 0 saturated carbocycles. The first-order valence-corrected chi connectivity index (χ1v) is 6.40. The fourth-order valence-electron chi connectivity index (χ4n) is 1.39. The fourth-order valence-corrected chi connectivity index (χ4v) is 2.78. The molecule has 0 spiro atoms. The van der Waals surface area contributed by atoms with E-state index in [-0.39, 0.29) is 5.56 Å². The smallest absolute Gasteiger partial charge is 0.126 e. The summed E-state index contributed by atoms with van der Waals surface area (Å²) in [6.07, 6.45) is -0.982. The van der Waals surface area contributed by atoms with E-state index in [4.69, 9.17) is 0 Å². The maximum Gasteiger partial charge on any atom is 0.126 e. The Kier molecular flexibility index (Phi) is 3.56. The lowest BCUT2D eigenvalue weighted by molar-refractivity contribution is 0.219. The Labute approximate surface area is 109 Å². The van der Waals surface area contributed by atoms with Gasteiger partial charge in [-0.05, 0) is 57.3 Å². The van der Waals surface area contributed by atoms with Crippen LogP contribution in [0.25, 0.3) is 0 Å². The number of hydrogen-bond acceptors (Lipinski definition) is 2. The van der Waals surface area contributed by atoms with Crippen LogP contribution >= 0.6 is 33.9 Å². The zero-order valence-electron chi connectivity index (χ0n) is 7.95. The number of halogens is 3. The largest absolute Gasteiger partial charge is 0.384 e. The first-order chi connectivity index (χ1) is 7.56. The molecule has 0 aliphatic rings. The Morgan fingerprint density at radius 3 is 2.19 bits per heavy atom. The van der Waals surface area contributed by atoms with Gasteiger partial charge in [-0.25, -0.2) is 8.78 Å². The molecular formula is C11H7F2IOS. The number of hydrogen-bond donors (Lipinski definition) is 1. The first-order valence-electron chi connectivity index (χ1n) is 4.44. The van der Waals surface area contributed by atoms with Gasteiger partial charge in [-0.3, -0.25) is 0 Å². The van der Waals surface area contributed by atoms with Crippen LogP contribution in [0.1, 0.15) is 17.2 Å². The Hall–Kier alpha value is -0.530. The van der Waals surface area contributed by atoms with Crippen LogP contribution in [0.2, 0.25) is 0 Å². The SMILES string of the molecule is OC(c1cc(F)cc(F)c1)c1csc(I)c1. The van der Waals surface area contributed by atoms with Gasteiger partial charge in [0, 0.05) is 6.07 Å². The molecule has 1 nitrogen and oxygen atoms in total. The van der Waals surface area contributed by atoms with E-state index < -0.39 is 17.7 Å². The minimum atomic E-state index is -0.982. The van der Waals surface area contributed by atoms with Crippen LogP contribution < -0.4 is 0 Å². The van der Waals surface area contributed by atoms with Crippen molar-refractivity contribution in [2.24, 2.45) is 0 Å². The van der Waals surface area contributed by atoms with Crippen LogP contribution in [0.15, 0.2) is 29.6 Å². The van der Waals surface area contributed by atoms with Gasteiger partial charge >= 0.3 is 0 Å². The van der Waals surface area contributed by atoms with Gasteiger partial charge in [-0.2, -0.15) is 0 Å². The van der Waals surface area contributed by atoms with E-state index in [1.54, 1.807) is 11.4 Å². The molecule has 1 atom stereocenters. The number of benzene rings is 1. The molecule has 1 unspecified atom stereocenters. The highest BCUT2D eigenvalue weighted by Gasteiger charge is 2.14. The molecule has 0 bridgehead atoms. The lowest BCUT2D eigenvalue weighted by Gasteiger charge is -2.09. The van der Waals surface area contributed by atoms with Gasteiger partial charge in [0.05, 0.1) is 2.88 Å². The molecule has 0 fully saturated rings. The molecule has 16 heavy (non-hydrogen) atoms. The maximum atomic E-state index is 13.0. The Morgan fingerprint density at radius 1 is 1.06 bits per heavy atom. The summed E-state index contributed by atoms with van der Waals surface area (Å²) in [5.74, 6) is -1.36. The molecule has 5 heteroatoms. The number of thiophene rings is 1. The van der Waals surface area contributed by atoms with Crippen molar-refractivity contribution in [3.8, 4) is 0 Å². The molecule has 1 aromatic carbocycles. The summed E-state index contributed by atoms with van der Waals surface area (Å²) in [6.45, 7) is 0. The summed E-state index contributed by atoms with van der Waals surface area (Å²) in [5, 5.41) is 11.7. The summed E-state index contributed by atoms with van der Waals surface area (Å²) in [4.78, 5) is 0. The van der Waals surface area contributed by atoms with Gasteiger partial charge in [0.25, 0.3) is 0 Å². The summed E-state index contributed by atoms with van der Waals surface area (Å²) >= 11 is 3.60. The van der Waals surface area contributed by atoms with Crippen molar-refractivity contribution in [3.63, 3.8) is 0 Å². The average molecular weight is 352 g/mol. The maximum absolute atomic E-state index is 13.0. The van der Waals surface area contributed by atoms with E-state index in [9.17, 15) is 13.9 Å².